The van der Waals surface area contributed by atoms with E-state index in [9.17, 15) is 9.18 Å². The van der Waals surface area contributed by atoms with Gasteiger partial charge >= 0.3 is 6.09 Å². The maximum Gasteiger partial charge on any atom is 0.410 e. The molecule has 0 N–H and O–H groups in total. The molecule has 1 heterocycles. The van der Waals surface area contributed by atoms with Crippen LogP contribution in [-0.4, -0.2) is 46.8 Å². The SMILES string of the molecule is CN(CC=CN(C)c1nc2ccccc2n1Cc1ccc(F)cc1)C(=O)OC(C)(C)C. The van der Waals surface area contributed by atoms with Crippen molar-refractivity contribution < 1.29 is 13.9 Å². The molecule has 164 valence electrons. The van der Waals surface area contributed by atoms with Crippen molar-refractivity contribution >= 4 is 23.1 Å². The first-order valence-corrected chi connectivity index (χ1v) is 10.2. The minimum absolute atomic E-state index is 0.256. The number of carbonyl (C=O) groups excluding carboxylic acids is 1. The van der Waals surface area contributed by atoms with Crippen LogP contribution in [0.5, 0.6) is 0 Å². The van der Waals surface area contributed by atoms with Crippen LogP contribution in [0.25, 0.3) is 11.0 Å². The Morgan fingerprint density at radius 2 is 1.81 bits per heavy atom. The molecule has 3 rings (SSSR count). The van der Waals surface area contributed by atoms with E-state index in [4.69, 9.17) is 9.72 Å². The zero-order chi connectivity index (χ0) is 22.6. The Labute approximate surface area is 182 Å². The number of likely N-dealkylation sites (N-methyl/N-ethyl adjacent to an activating group) is 1. The van der Waals surface area contributed by atoms with Crippen molar-refractivity contribution in [1.29, 1.82) is 0 Å². The van der Waals surface area contributed by atoms with Crippen molar-refractivity contribution in [2.24, 2.45) is 0 Å². The summed E-state index contributed by atoms with van der Waals surface area (Å²) in [4.78, 5) is 20.3. The van der Waals surface area contributed by atoms with Gasteiger partial charge in [-0.15, -0.1) is 0 Å². The smallest absolute Gasteiger partial charge is 0.410 e. The average Bonchev–Trinajstić information content (AvgIpc) is 3.07. The summed E-state index contributed by atoms with van der Waals surface area (Å²) < 4.78 is 20.8. The Hall–Kier alpha value is -3.35. The zero-order valence-corrected chi connectivity index (χ0v) is 18.7. The van der Waals surface area contributed by atoms with Gasteiger partial charge in [-0.05, 0) is 56.7 Å². The van der Waals surface area contributed by atoms with Gasteiger partial charge in [-0.2, -0.15) is 0 Å². The van der Waals surface area contributed by atoms with E-state index in [0.717, 1.165) is 22.5 Å². The van der Waals surface area contributed by atoms with Crippen LogP contribution in [0.2, 0.25) is 0 Å². The highest BCUT2D eigenvalue weighted by atomic mass is 19.1. The van der Waals surface area contributed by atoms with E-state index in [1.165, 1.54) is 17.0 Å². The van der Waals surface area contributed by atoms with Crippen LogP contribution in [0.15, 0.2) is 60.8 Å². The van der Waals surface area contributed by atoms with Gasteiger partial charge in [0, 0.05) is 26.8 Å². The number of para-hydroxylation sites is 2. The van der Waals surface area contributed by atoms with Gasteiger partial charge < -0.3 is 19.1 Å². The van der Waals surface area contributed by atoms with Gasteiger partial charge in [-0.3, -0.25) is 0 Å². The Bertz CT molecular complexity index is 1070. The molecule has 1 aromatic heterocycles. The van der Waals surface area contributed by atoms with Crippen molar-refractivity contribution in [2.75, 3.05) is 25.5 Å². The van der Waals surface area contributed by atoms with Gasteiger partial charge in [0.05, 0.1) is 17.6 Å². The van der Waals surface area contributed by atoms with Gasteiger partial charge in [-0.1, -0.05) is 24.3 Å². The fourth-order valence-corrected chi connectivity index (χ4v) is 3.10. The van der Waals surface area contributed by atoms with Gasteiger partial charge in [-0.25, -0.2) is 14.2 Å². The van der Waals surface area contributed by atoms with E-state index in [0.29, 0.717) is 13.1 Å². The first kappa shape index (κ1) is 22.3. The molecule has 0 saturated heterocycles. The summed E-state index contributed by atoms with van der Waals surface area (Å²) in [7, 11) is 3.61. The van der Waals surface area contributed by atoms with Crippen molar-refractivity contribution in [2.45, 2.75) is 32.9 Å². The monoisotopic (exact) mass is 424 g/mol. The summed E-state index contributed by atoms with van der Waals surface area (Å²) in [5.41, 5.74) is 2.32. The van der Waals surface area contributed by atoms with E-state index >= 15 is 0 Å². The normalized spacial score (nSPS) is 11.8. The Balaban J connectivity index is 1.78. The summed E-state index contributed by atoms with van der Waals surface area (Å²) in [6.07, 6.45) is 3.39. The fourth-order valence-electron chi connectivity index (χ4n) is 3.10. The second-order valence-corrected chi connectivity index (χ2v) is 8.47. The van der Waals surface area contributed by atoms with Crippen LogP contribution in [0.3, 0.4) is 0 Å². The molecule has 0 aliphatic heterocycles. The van der Waals surface area contributed by atoms with Crippen LogP contribution in [0, 0.1) is 5.82 Å². The predicted octanol–water partition coefficient (Wildman–Crippen LogP) is 5.04. The van der Waals surface area contributed by atoms with Crippen molar-refractivity contribution in [3.8, 4) is 0 Å². The number of fused-ring (bicyclic) bond motifs is 1. The standard InChI is InChI=1S/C24H29FN4O2/c1-24(2,3)31-23(30)28(5)16-8-15-27(4)22-26-20-9-6-7-10-21(20)29(22)17-18-11-13-19(25)14-12-18/h6-15H,16-17H2,1-5H3. The molecule has 3 aromatic rings. The molecule has 2 aromatic carbocycles. The number of aromatic nitrogens is 2. The molecule has 0 unspecified atom stereocenters. The predicted molar refractivity (Wildman–Crippen MR) is 122 cm³/mol. The Kier molecular flexibility index (Phi) is 6.63. The number of benzene rings is 2. The summed E-state index contributed by atoms with van der Waals surface area (Å²) >= 11 is 0. The third kappa shape index (κ3) is 5.84. The molecule has 1 amide bonds. The zero-order valence-electron chi connectivity index (χ0n) is 18.7. The molecule has 0 saturated carbocycles. The summed E-state index contributed by atoms with van der Waals surface area (Å²) in [5, 5.41) is 0. The molecule has 0 aliphatic rings. The Morgan fingerprint density at radius 1 is 1.13 bits per heavy atom. The summed E-state index contributed by atoms with van der Waals surface area (Å²) in [6.45, 7) is 6.49. The van der Waals surface area contributed by atoms with Crippen LogP contribution in [-0.2, 0) is 11.3 Å². The quantitative estimate of drug-likeness (QED) is 0.556. The lowest BCUT2D eigenvalue weighted by Crippen LogP contribution is -2.34. The molecule has 31 heavy (non-hydrogen) atoms. The topological polar surface area (TPSA) is 50.6 Å². The minimum atomic E-state index is -0.531. The molecular weight excluding hydrogens is 395 g/mol. The number of ether oxygens (including phenoxy) is 1. The fraction of sp³-hybridized carbons (Fsp3) is 0.333. The largest absolute Gasteiger partial charge is 0.444 e. The van der Waals surface area contributed by atoms with Crippen LogP contribution < -0.4 is 4.90 Å². The number of hydrogen-bond donors (Lipinski definition) is 0. The highest BCUT2D eigenvalue weighted by Crippen LogP contribution is 2.24. The maximum atomic E-state index is 13.3. The lowest BCUT2D eigenvalue weighted by molar-refractivity contribution is 0.0317. The number of amides is 1. The molecule has 0 atom stereocenters. The van der Waals surface area contributed by atoms with Crippen molar-refractivity contribution in [3.05, 3.63) is 72.2 Å². The van der Waals surface area contributed by atoms with Crippen LogP contribution in [0.4, 0.5) is 15.1 Å². The van der Waals surface area contributed by atoms with E-state index in [1.54, 1.807) is 19.2 Å². The highest BCUT2D eigenvalue weighted by Gasteiger charge is 2.19. The minimum Gasteiger partial charge on any atom is -0.444 e. The summed E-state index contributed by atoms with van der Waals surface area (Å²) in [5.74, 6) is 0.496. The van der Waals surface area contributed by atoms with Crippen LogP contribution in [0.1, 0.15) is 26.3 Å². The molecule has 0 bridgehead atoms. The number of imidazole rings is 1. The molecule has 0 spiro atoms. The maximum absolute atomic E-state index is 13.3. The lowest BCUT2D eigenvalue weighted by atomic mass is 10.2. The molecule has 0 aliphatic carbocycles. The number of rotatable bonds is 6. The van der Waals surface area contributed by atoms with Crippen LogP contribution >= 0.6 is 0 Å². The molecule has 6 nitrogen and oxygen atoms in total. The second kappa shape index (κ2) is 9.20. The molecule has 7 heteroatoms. The van der Waals surface area contributed by atoms with Gasteiger partial charge in [0.2, 0.25) is 5.95 Å². The molecule has 0 radical (unpaired) electrons. The molecule has 0 fully saturated rings. The Morgan fingerprint density at radius 3 is 2.48 bits per heavy atom. The van der Waals surface area contributed by atoms with Gasteiger partial charge in [0.25, 0.3) is 0 Å². The van der Waals surface area contributed by atoms with Gasteiger partial charge in [0.15, 0.2) is 0 Å². The van der Waals surface area contributed by atoms with E-state index in [2.05, 4.69) is 4.57 Å². The first-order chi connectivity index (χ1) is 14.6. The second-order valence-electron chi connectivity index (χ2n) is 8.47. The highest BCUT2D eigenvalue weighted by molar-refractivity contribution is 5.79. The first-order valence-electron chi connectivity index (χ1n) is 10.2. The van der Waals surface area contributed by atoms with Crippen molar-refractivity contribution in [1.82, 2.24) is 14.5 Å². The number of halogens is 1. The van der Waals surface area contributed by atoms with E-state index < -0.39 is 5.60 Å². The molecular formula is C24H29FN4O2. The number of carbonyl (C=O) groups is 1. The lowest BCUT2D eigenvalue weighted by Gasteiger charge is -2.24. The summed E-state index contributed by atoms with van der Waals surface area (Å²) in [6, 6.07) is 14.4. The third-order valence-corrected chi connectivity index (χ3v) is 4.62. The number of anilines is 1. The number of nitrogens with zero attached hydrogens (tertiary/aromatic N) is 4. The van der Waals surface area contributed by atoms with E-state index in [1.807, 2.05) is 69.3 Å². The van der Waals surface area contributed by atoms with E-state index in [-0.39, 0.29) is 11.9 Å². The third-order valence-electron chi connectivity index (χ3n) is 4.62. The van der Waals surface area contributed by atoms with Crippen molar-refractivity contribution in [3.63, 3.8) is 0 Å². The average molecular weight is 425 g/mol. The number of hydrogen-bond acceptors (Lipinski definition) is 4. The van der Waals surface area contributed by atoms with Gasteiger partial charge in [0.1, 0.15) is 11.4 Å².